The van der Waals surface area contributed by atoms with Crippen LogP contribution < -0.4 is 22.5 Å². The van der Waals surface area contributed by atoms with Crippen molar-refractivity contribution in [2.24, 2.45) is 0 Å². The van der Waals surface area contributed by atoms with Gasteiger partial charge in [0.2, 0.25) is 0 Å². The standard InChI is InChI=1S/C18H15Ge.C6H4BO2/c1-4-10-16(11-5-1)19(17-12-6-2-7-13-17)18-14-8-3-9-15-18;1-2-4-6-5(3-1)8-7-9-6/h1-15H;1-4H. The summed E-state index contributed by atoms with van der Waals surface area (Å²) in [6.45, 7) is 0. The van der Waals surface area contributed by atoms with Gasteiger partial charge in [0.15, 0.2) is 0 Å². The number of rotatable bonds is 3. The Balaban J connectivity index is 0.000000177. The van der Waals surface area contributed by atoms with E-state index in [1.807, 2.05) is 24.3 Å². The zero-order valence-electron chi connectivity index (χ0n) is 15.4. The van der Waals surface area contributed by atoms with Crippen molar-refractivity contribution in [3.8, 4) is 11.5 Å². The van der Waals surface area contributed by atoms with Gasteiger partial charge < -0.3 is 9.31 Å². The molecule has 0 bridgehead atoms. The first-order valence-corrected chi connectivity index (χ1v) is 12.3. The molecule has 0 aliphatic carbocycles. The third kappa shape index (κ3) is 4.49. The third-order valence-corrected chi connectivity index (χ3v) is 10.1. The molecule has 0 saturated carbocycles. The molecule has 0 aromatic heterocycles. The van der Waals surface area contributed by atoms with Crippen molar-refractivity contribution in [1.82, 2.24) is 0 Å². The predicted molar refractivity (Wildman–Crippen MR) is 117 cm³/mol. The molecular weight excluding hydrogens is 404 g/mol. The molecule has 1 aliphatic rings. The molecule has 4 heteroatoms. The first-order chi connectivity index (χ1) is 13.9. The van der Waals surface area contributed by atoms with Gasteiger partial charge in [0.05, 0.1) is 0 Å². The number of hydrogen-bond donors (Lipinski definition) is 0. The Morgan fingerprint density at radius 3 is 1.11 bits per heavy atom. The predicted octanol–water partition coefficient (Wildman–Crippen LogP) is 3.19. The Kier molecular flexibility index (Phi) is 6.15. The molecule has 1 heterocycles. The fourth-order valence-corrected chi connectivity index (χ4v) is 8.49. The van der Waals surface area contributed by atoms with Gasteiger partial charge in [-0.1, -0.05) is 12.1 Å². The monoisotopic (exact) mass is 424 g/mol. The summed E-state index contributed by atoms with van der Waals surface area (Å²) in [7, 11) is 1.32. The Bertz CT molecular complexity index is 878. The molecule has 134 valence electrons. The Morgan fingerprint density at radius 2 is 0.750 bits per heavy atom. The molecule has 4 aromatic carbocycles. The van der Waals surface area contributed by atoms with E-state index in [2.05, 4.69) is 91.0 Å². The molecular formula is C24H19BGeO2. The first-order valence-electron chi connectivity index (χ1n) is 9.19. The fraction of sp³-hybridized carbons (Fsp3) is 0. The van der Waals surface area contributed by atoms with E-state index in [1.54, 1.807) is 0 Å². The van der Waals surface area contributed by atoms with E-state index in [4.69, 9.17) is 9.31 Å². The summed E-state index contributed by atoms with van der Waals surface area (Å²) in [4.78, 5) is 0. The van der Waals surface area contributed by atoms with Crippen molar-refractivity contribution in [2.75, 3.05) is 0 Å². The number of hydrogen-bond acceptors (Lipinski definition) is 2. The van der Waals surface area contributed by atoms with Crippen molar-refractivity contribution in [1.29, 1.82) is 0 Å². The molecule has 0 fully saturated rings. The minimum atomic E-state index is -1.63. The van der Waals surface area contributed by atoms with E-state index >= 15 is 0 Å². The second-order valence-corrected chi connectivity index (χ2v) is 11.5. The zero-order chi connectivity index (χ0) is 19.0. The molecule has 1 aliphatic heterocycles. The van der Waals surface area contributed by atoms with Gasteiger partial charge in [-0.2, -0.15) is 0 Å². The average Bonchev–Trinajstić information content (AvgIpc) is 3.26. The topological polar surface area (TPSA) is 18.5 Å². The van der Waals surface area contributed by atoms with Gasteiger partial charge in [0, 0.05) is 0 Å². The van der Waals surface area contributed by atoms with Crippen LogP contribution in [0.4, 0.5) is 0 Å². The first kappa shape index (κ1) is 18.5. The van der Waals surface area contributed by atoms with Crippen LogP contribution in [-0.4, -0.2) is 22.0 Å². The molecule has 0 atom stereocenters. The van der Waals surface area contributed by atoms with E-state index in [9.17, 15) is 0 Å². The molecule has 28 heavy (non-hydrogen) atoms. The van der Waals surface area contributed by atoms with Gasteiger partial charge >= 0.3 is 126 Å². The molecule has 0 amide bonds. The van der Waals surface area contributed by atoms with Crippen LogP contribution in [-0.2, 0) is 0 Å². The molecule has 0 N–H and O–H groups in total. The Labute approximate surface area is 171 Å². The molecule has 0 unspecified atom stereocenters. The summed E-state index contributed by atoms with van der Waals surface area (Å²) in [5.41, 5.74) is 0. The van der Waals surface area contributed by atoms with Gasteiger partial charge in [0.25, 0.3) is 0 Å². The number of benzene rings is 4. The van der Waals surface area contributed by atoms with Crippen LogP contribution in [0.5, 0.6) is 11.5 Å². The Morgan fingerprint density at radius 1 is 0.429 bits per heavy atom. The fourth-order valence-electron chi connectivity index (χ4n) is 3.09. The van der Waals surface area contributed by atoms with Crippen molar-refractivity contribution in [2.45, 2.75) is 0 Å². The van der Waals surface area contributed by atoms with Crippen LogP contribution in [0.3, 0.4) is 0 Å². The van der Waals surface area contributed by atoms with Gasteiger partial charge in [-0.3, -0.25) is 0 Å². The maximum atomic E-state index is 4.95. The summed E-state index contributed by atoms with van der Waals surface area (Å²) in [6.07, 6.45) is 0. The van der Waals surface area contributed by atoms with Crippen LogP contribution >= 0.6 is 0 Å². The minimum absolute atomic E-state index is 0.789. The number of fused-ring (bicyclic) bond motifs is 1. The van der Waals surface area contributed by atoms with Gasteiger partial charge in [-0.05, 0) is 12.1 Å². The van der Waals surface area contributed by atoms with Gasteiger partial charge in [-0.15, -0.1) is 0 Å². The summed E-state index contributed by atoms with van der Waals surface area (Å²) >= 11 is -1.63. The van der Waals surface area contributed by atoms with Crippen LogP contribution in [0.25, 0.3) is 0 Å². The molecule has 2 nitrogen and oxygen atoms in total. The van der Waals surface area contributed by atoms with E-state index in [-0.39, 0.29) is 0 Å². The average molecular weight is 423 g/mol. The van der Waals surface area contributed by atoms with Crippen molar-refractivity contribution >= 4 is 35.2 Å². The van der Waals surface area contributed by atoms with E-state index < -0.39 is 14.3 Å². The van der Waals surface area contributed by atoms with Gasteiger partial charge in [-0.25, -0.2) is 0 Å². The zero-order valence-corrected chi connectivity index (χ0v) is 17.5. The molecule has 2 radical (unpaired) electrons. The summed E-state index contributed by atoms with van der Waals surface area (Å²) < 4.78 is 14.4. The van der Waals surface area contributed by atoms with Gasteiger partial charge in [0.1, 0.15) is 11.5 Å². The SMILES string of the molecule is [B]1Oc2ccccc2O1.c1cc[c]([Ge]([c]2ccccc2)[c]2ccccc2)cc1. The Hall–Kier alpha value is -2.91. The van der Waals surface area contributed by atoms with Crippen LogP contribution in [0.15, 0.2) is 115 Å². The molecule has 5 rings (SSSR count). The molecule has 4 aromatic rings. The normalized spacial score (nSPS) is 11.3. The second-order valence-electron chi connectivity index (χ2n) is 6.25. The quantitative estimate of drug-likeness (QED) is 0.472. The summed E-state index contributed by atoms with van der Waals surface area (Å²) in [5, 5.41) is 0. The van der Waals surface area contributed by atoms with Crippen molar-refractivity contribution < 1.29 is 9.31 Å². The summed E-state index contributed by atoms with van der Waals surface area (Å²) in [5.74, 6) is 1.58. The van der Waals surface area contributed by atoms with Crippen molar-refractivity contribution in [3.63, 3.8) is 0 Å². The third-order valence-electron chi connectivity index (χ3n) is 4.39. The van der Waals surface area contributed by atoms with E-state index in [0.29, 0.717) is 0 Å². The molecule has 0 spiro atoms. The summed E-state index contributed by atoms with van der Waals surface area (Å²) in [6, 6.07) is 40.3. The molecule has 0 saturated heterocycles. The second kappa shape index (κ2) is 9.33. The van der Waals surface area contributed by atoms with Crippen molar-refractivity contribution in [3.05, 3.63) is 115 Å². The van der Waals surface area contributed by atoms with Crippen LogP contribution in [0.1, 0.15) is 0 Å². The van der Waals surface area contributed by atoms with Crippen LogP contribution in [0.2, 0.25) is 0 Å². The van der Waals surface area contributed by atoms with E-state index in [0.717, 1.165) is 11.5 Å². The maximum absolute atomic E-state index is 4.95. The van der Waals surface area contributed by atoms with E-state index in [1.165, 1.54) is 20.9 Å². The van der Waals surface area contributed by atoms with Crippen LogP contribution in [0, 0.1) is 0 Å². The number of para-hydroxylation sites is 2.